The number of hydrogen-bond donors (Lipinski definition) is 1. The van der Waals surface area contributed by atoms with E-state index in [-0.39, 0.29) is 0 Å². The molecule has 1 aromatic rings. The molecule has 0 saturated heterocycles. The molecule has 0 radical (unpaired) electrons. The van der Waals surface area contributed by atoms with Gasteiger partial charge in [0.1, 0.15) is 0 Å². The van der Waals surface area contributed by atoms with Crippen molar-refractivity contribution in [2.45, 2.75) is 44.4 Å². The van der Waals surface area contributed by atoms with Gasteiger partial charge in [0.2, 0.25) is 0 Å². The maximum Gasteiger partial charge on any atom is 0.0590 e. The lowest BCUT2D eigenvalue weighted by Crippen LogP contribution is -2.15. The molecule has 1 aliphatic rings. The number of likely N-dealkylation sites (N-methyl/N-ethyl adjacent to an activating group) is 1. The smallest absolute Gasteiger partial charge is 0.0590 e. The third-order valence-corrected chi connectivity index (χ3v) is 4.09. The minimum absolute atomic E-state index is 0.802. The van der Waals surface area contributed by atoms with Crippen molar-refractivity contribution in [3.63, 3.8) is 0 Å². The van der Waals surface area contributed by atoms with Gasteiger partial charge in [-0.3, -0.25) is 0 Å². The quantitative estimate of drug-likeness (QED) is 0.758. The molecule has 0 amide bonds. The molecule has 0 spiro atoms. The summed E-state index contributed by atoms with van der Waals surface area (Å²) in [6.45, 7) is 2.56. The van der Waals surface area contributed by atoms with E-state index in [0.717, 1.165) is 32.1 Å². The predicted molar refractivity (Wildman–Crippen MR) is 80.7 cm³/mol. The van der Waals surface area contributed by atoms with E-state index in [2.05, 4.69) is 29.6 Å². The second-order valence-corrected chi connectivity index (χ2v) is 5.54. The Morgan fingerprint density at radius 1 is 1.05 bits per heavy atom. The molecule has 2 rings (SSSR count). The number of hydrogen-bond acceptors (Lipinski definition) is 2. The van der Waals surface area contributed by atoms with E-state index >= 15 is 0 Å². The van der Waals surface area contributed by atoms with Crippen molar-refractivity contribution < 1.29 is 4.74 Å². The van der Waals surface area contributed by atoms with Crippen molar-refractivity contribution in [2.75, 3.05) is 26.8 Å². The van der Waals surface area contributed by atoms with Gasteiger partial charge in [-0.05, 0) is 43.4 Å². The zero-order valence-electron chi connectivity index (χ0n) is 12.2. The van der Waals surface area contributed by atoms with Crippen molar-refractivity contribution >= 4 is 0 Å². The molecular weight excluding hydrogens is 234 g/mol. The summed E-state index contributed by atoms with van der Waals surface area (Å²) in [5.41, 5.74) is 2.93. The molecule has 2 heteroatoms. The zero-order valence-corrected chi connectivity index (χ0v) is 12.2. The van der Waals surface area contributed by atoms with Crippen molar-refractivity contribution in [1.82, 2.24) is 5.32 Å². The fourth-order valence-electron chi connectivity index (χ4n) is 2.86. The van der Waals surface area contributed by atoms with Crippen LogP contribution in [0, 0.1) is 0 Å². The standard InChI is InChI=1S/C17H27NO/c1-18-12-14-19-13-11-15-7-9-17(10-8-15)16-5-3-2-4-6-16/h7-10,16,18H,2-6,11-14H2,1H3. The Balaban J connectivity index is 1.74. The number of nitrogens with one attached hydrogen (secondary N) is 1. The SMILES string of the molecule is CNCCOCCc1ccc(C2CCCCC2)cc1. The van der Waals surface area contributed by atoms with Crippen LogP contribution in [-0.2, 0) is 11.2 Å². The zero-order chi connectivity index (χ0) is 13.3. The van der Waals surface area contributed by atoms with E-state index in [1.54, 1.807) is 5.56 Å². The number of ether oxygens (including phenoxy) is 1. The van der Waals surface area contributed by atoms with Crippen molar-refractivity contribution in [1.29, 1.82) is 0 Å². The van der Waals surface area contributed by atoms with Gasteiger partial charge in [-0.2, -0.15) is 0 Å². The molecule has 0 aliphatic heterocycles. The Morgan fingerprint density at radius 2 is 1.79 bits per heavy atom. The molecule has 1 aromatic carbocycles. The highest BCUT2D eigenvalue weighted by molar-refractivity contribution is 5.25. The van der Waals surface area contributed by atoms with Gasteiger partial charge in [0.15, 0.2) is 0 Å². The van der Waals surface area contributed by atoms with E-state index in [4.69, 9.17) is 4.74 Å². The number of benzene rings is 1. The fraction of sp³-hybridized carbons (Fsp3) is 0.647. The summed E-state index contributed by atoms with van der Waals surface area (Å²) in [5.74, 6) is 0.815. The molecule has 19 heavy (non-hydrogen) atoms. The van der Waals surface area contributed by atoms with Gasteiger partial charge < -0.3 is 10.1 Å². The van der Waals surface area contributed by atoms with Crippen LogP contribution < -0.4 is 5.32 Å². The first-order chi connectivity index (χ1) is 9.40. The van der Waals surface area contributed by atoms with Gasteiger partial charge >= 0.3 is 0 Å². The van der Waals surface area contributed by atoms with Crippen LogP contribution in [0.3, 0.4) is 0 Å². The summed E-state index contributed by atoms with van der Waals surface area (Å²) in [4.78, 5) is 0. The molecule has 2 nitrogen and oxygen atoms in total. The molecule has 1 saturated carbocycles. The van der Waals surface area contributed by atoms with E-state index < -0.39 is 0 Å². The topological polar surface area (TPSA) is 21.3 Å². The minimum Gasteiger partial charge on any atom is -0.380 e. The third-order valence-electron chi connectivity index (χ3n) is 4.09. The first kappa shape index (κ1) is 14.5. The molecule has 1 N–H and O–H groups in total. The van der Waals surface area contributed by atoms with Crippen LogP contribution in [0.1, 0.15) is 49.1 Å². The predicted octanol–water partition coefficient (Wildman–Crippen LogP) is 3.51. The highest BCUT2D eigenvalue weighted by Crippen LogP contribution is 2.32. The monoisotopic (exact) mass is 261 g/mol. The van der Waals surface area contributed by atoms with E-state index in [1.807, 2.05) is 7.05 Å². The van der Waals surface area contributed by atoms with Crippen molar-refractivity contribution in [3.8, 4) is 0 Å². The molecule has 0 unspecified atom stereocenters. The van der Waals surface area contributed by atoms with E-state index in [9.17, 15) is 0 Å². The Bertz CT molecular complexity index is 341. The van der Waals surface area contributed by atoms with Crippen LogP contribution in [0.15, 0.2) is 24.3 Å². The normalized spacial score (nSPS) is 16.7. The summed E-state index contributed by atoms with van der Waals surface area (Å²) >= 11 is 0. The van der Waals surface area contributed by atoms with Crippen molar-refractivity contribution in [3.05, 3.63) is 35.4 Å². The lowest BCUT2D eigenvalue weighted by atomic mass is 9.84. The van der Waals surface area contributed by atoms with Crippen LogP contribution in [-0.4, -0.2) is 26.8 Å². The Hall–Kier alpha value is -0.860. The van der Waals surface area contributed by atoms with Crippen LogP contribution in [0.4, 0.5) is 0 Å². The molecule has 0 atom stereocenters. The number of rotatable bonds is 7. The highest BCUT2D eigenvalue weighted by Gasteiger charge is 2.14. The first-order valence-electron chi connectivity index (χ1n) is 7.71. The maximum atomic E-state index is 5.56. The minimum atomic E-state index is 0.802. The largest absolute Gasteiger partial charge is 0.380 e. The second-order valence-electron chi connectivity index (χ2n) is 5.54. The lowest BCUT2D eigenvalue weighted by molar-refractivity contribution is 0.140. The maximum absolute atomic E-state index is 5.56. The lowest BCUT2D eigenvalue weighted by Gasteiger charge is -2.22. The van der Waals surface area contributed by atoms with E-state index in [1.165, 1.54) is 37.7 Å². The van der Waals surface area contributed by atoms with Crippen LogP contribution in [0.5, 0.6) is 0 Å². The highest BCUT2D eigenvalue weighted by atomic mass is 16.5. The molecule has 0 heterocycles. The summed E-state index contributed by atoms with van der Waals surface area (Å²) < 4.78 is 5.56. The Kier molecular flexibility index (Phi) is 6.38. The molecule has 106 valence electrons. The van der Waals surface area contributed by atoms with Gasteiger partial charge in [0.25, 0.3) is 0 Å². The summed E-state index contributed by atoms with van der Waals surface area (Å²) in [6, 6.07) is 9.23. The van der Waals surface area contributed by atoms with Crippen LogP contribution in [0.25, 0.3) is 0 Å². The van der Waals surface area contributed by atoms with Crippen LogP contribution >= 0.6 is 0 Å². The van der Waals surface area contributed by atoms with Gasteiger partial charge in [-0.25, -0.2) is 0 Å². The Morgan fingerprint density at radius 3 is 2.47 bits per heavy atom. The third kappa shape index (κ3) is 4.96. The second kappa shape index (κ2) is 8.34. The Labute approximate surface area is 117 Å². The average molecular weight is 261 g/mol. The molecular formula is C17H27NO. The molecule has 0 aromatic heterocycles. The average Bonchev–Trinajstić information content (AvgIpc) is 2.49. The summed E-state index contributed by atoms with van der Waals surface area (Å²) in [5, 5.41) is 3.09. The van der Waals surface area contributed by atoms with Crippen molar-refractivity contribution in [2.24, 2.45) is 0 Å². The molecule has 0 bridgehead atoms. The summed E-state index contributed by atoms with van der Waals surface area (Å²) in [6.07, 6.45) is 8.03. The van der Waals surface area contributed by atoms with Gasteiger partial charge in [0, 0.05) is 6.54 Å². The van der Waals surface area contributed by atoms with Gasteiger partial charge in [-0.15, -0.1) is 0 Å². The fourth-order valence-corrected chi connectivity index (χ4v) is 2.86. The first-order valence-corrected chi connectivity index (χ1v) is 7.71. The molecule has 1 fully saturated rings. The van der Waals surface area contributed by atoms with E-state index in [0.29, 0.717) is 0 Å². The molecule has 1 aliphatic carbocycles. The van der Waals surface area contributed by atoms with Crippen LogP contribution in [0.2, 0.25) is 0 Å². The summed E-state index contributed by atoms with van der Waals surface area (Å²) in [7, 11) is 1.95. The van der Waals surface area contributed by atoms with Gasteiger partial charge in [-0.1, -0.05) is 43.5 Å². The van der Waals surface area contributed by atoms with Gasteiger partial charge in [0.05, 0.1) is 13.2 Å².